The van der Waals surface area contributed by atoms with Gasteiger partial charge in [-0.05, 0) is 43.3 Å². The Bertz CT molecular complexity index is 1330. The van der Waals surface area contributed by atoms with Crippen LogP contribution in [0.5, 0.6) is 23.0 Å². The number of hydrogen-bond donors (Lipinski definition) is 1. The molecule has 8 heteroatoms. The standard InChI is InChI=1S/C25H22N2O6/c1-16-25(33-21-9-4-3-8-20(21)30-2)24(29)19-11-10-18(13-22(19)32-16)31-15-23(28)27-14-17-7-5-6-12-26-17/h3-13H,14-15H2,1-2H3,(H,27,28). The zero-order valence-electron chi connectivity index (χ0n) is 18.2. The fourth-order valence-electron chi connectivity index (χ4n) is 3.18. The summed E-state index contributed by atoms with van der Waals surface area (Å²) in [7, 11) is 1.53. The molecule has 2 aromatic heterocycles. The van der Waals surface area contributed by atoms with Crippen LogP contribution in [-0.4, -0.2) is 24.6 Å². The monoisotopic (exact) mass is 446 g/mol. The fourth-order valence-corrected chi connectivity index (χ4v) is 3.18. The summed E-state index contributed by atoms with van der Waals surface area (Å²) in [4.78, 5) is 29.2. The lowest BCUT2D eigenvalue weighted by Crippen LogP contribution is -2.28. The molecular formula is C25H22N2O6. The molecule has 0 aliphatic heterocycles. The molecule has 33 heavy (non-hydrogen) atoms. The number of pyridine rings is 1. The molecule has 0 saturated carbocycles. The number of ether oxygens (including phenoxy) is 3. The Labute approximate surface area is 189 Å². The van der Waals surface area contributed by atoms with E-state index in [4.69, 9.17) is 18.6 Å². The quantitative estimate of drug-likeness (QED) is 0.437. The average Bonchev–Trinajstić information content (AvgIpc) is 2.84. The van der Waals surface area contributed by atoms with E-state index in [1.165, 1.54) is 7.11 Å². The van der Waals surface area contributed by atoms with E-state index in [1.807, 2.05) is 24.3 Å². The van der Waals surface area contributed by atoms with Crippen molar-refractivity contribution in [1.82, 2.24) is 10.3 Å². The number of benzene rings is 2. The van der Waals surface area contributed by atoms with Gasteiger partial charge in [-0.15, -0.1) is 0 Å². The molecule has 0 fully saturated rings. The number of para-hydroxylation sites is 2. The molecule has 0 unspecified atom stereocenters. The molecule has 2 heterocycles. The third kappa shape index (κ3) is 5.12. The highest BCUT2D eigenvalue weighted by atomic mass is 16.5. The van der Waals surface area contributed by atoms with Gasteiger partial charge < -0.3 is 23.9 Å². The van der Waals surface area contributed by atoms with Crippen molar-refractivity contribution in [2.75, 3.05) is 13.7 Å². The highest BCUT2D eigenvalue weighted by Crippen LogP contribution is 2.32. The Balaban J connectivity index is 1.47. The van der Waals surface area contributed by atoms with Crippen molar-refractivity contribution in [2.45, 2.75) is 13.5 Å². The predicted octanol–water partition coefficient (Wildman–Crippen LogP) is 3.99. The van der Waals surface area contributed by atoms with Gasteiger partial charge in [0, 0.05) is 12.3 Å². The molecule has 168 valence electrons. The maximum atomic E-state index is 13.0. The number of rotatable bonds is 8. The topological polar surface area (TPSA) is 99.9 Å². The lowest BCUT2D eigenvalue weighted by molar-refractivity contribution is -0.123. The third-order valence-electron chi connectivity index (χ3n) is 4.83. The van der Waals surface area contributed by atoms with Crippen LogP contribution in [0.3, 0.4) is 0 Å². The molecule has 1 N–H and O–H groups in total. The minimum atomic E-state index is -0.320. The predicted molar refractivity (Wildman–Crippen MR) is 122 cm³/mol. The van der Waals surface area contributed by atoms with Crippen LogP contribution in [0, 0.1) is 6.92 Å². The summed E-state index contributed by atoms with van der Waals surface area (Å²) in [6, 6.07) is 17.3. The number of nitrogens with zero attached hydrogens (tertiary/aromatic N) is 1. The van der Waals surface area contributed by atoms with Crippen molar-refractivity contribution < 1.29 is 23.4 Å². The van der Waals surface area contributed by atoms with Crippen LogP contribution in [0.2, 0.25) is 0 Å². The van der Waals surface area contributed by atoms with E-state index in [1.54, 1.807) is 49.5 Å². The molecule has 0 spiro atoms. The maximum absolute atomic E-state index is 13.0. The Morgan fingerprint density at radius 1 is 1.06 bits per heavy atom. The van der Waals surface area contributed by atoms with E-state index in [-0.39, 0.29) is 23.7 Å². The normalized spacial score (nSPS) is 10.6. The Hall–Kier alpha value is -4.33. The molecule has 0 saturated heterocycles. The van der Waals surface area contributed by atoms with Crippen LogP contribution >= 0.6 is 0 Å². The largest absolute Gasteiger partial charge is 0.493 e. The van der Waals surface area contributed by atoms with E-state index in [0.29, 0.717) is 40.5 Å². The summed E-state index contributed by atoms with van der Waals surface area (Å²) < 4.78 is 22.5. The molecule has 0 bridgehead atoms. The van der Waals surface area contributed by atoms with E-state index in [2.05, 4.69) is 10.3 Å². The van der Waals surface area contributed by atoms with Crippen molar-refractivity contribution in [3.8, 4) is 23.0 Å². The smallest absolute Gasteiger partial charge is 0.258 e. The second-order valence-electron chi connectivity index (χ2n) is 7.11. The van der Waals surface area contributed by atoms with Gasteiger partial charge in [-0.1, -0.05) is 18.2 Å². The van der Waals surface area contributed by atoms with E-state index < -0.39 is 0 Å². The molecule has 4 aromatic rings. The summed E-state index contributed by atoms with van der Waals surface area (Å²) in [5.41, 5.74) is 0.760. The van der Waals surface area contributed by atoms with Crippen molar-refractivity contribution in [3.05, 3.63) is 88.5 Å². The van der Waals surface area contributed by atoms with E-state index >= 15 is 0 Å². The van der Waals surface area contributed by atoms with Crippen LogP contribution in [0.4, 0.5) is 0 Å². The van der Waals surface area contributed by atoms with Gasteiger partial charge in [0.2, 0.25) is 11.2 Å². The second kappa shape index (κ2) is 9.86. The molecule has 4 rings (SSSR count). The molecule has 2 aromatic carbocycles. The molecule has 8 nitrogen and oxygen atoms in total. The third-order valence-corrected chi connectivity index (χ3v) is 4.83. The number of hydrogen-bond acceptors (Lipinski definition) is 7. The van der Waals surface area contributed by atoms with E-state index in [0.717, 1.165) is 5.69 Å². The highest BCUT2D eigenvalue weighted by molar-refractivity contribution is 5.80. The molecule has 0 aliphatic rings. The number of carbonyl (C=O) groups excluding carboxylic acids is 1. The molecular weight excluding hydrogens is 424 g/mol. The van der Waals surface area contributed by atoms with Gasteiger partial charge in [0.15, 0.2) is 18.1 Å². The Kier molecular flexibility index (Phi) is 6.54. The first-order chi connectivity index (χ1) is 16.0. The average molecular weight is 446 g/mol. The van der Waals surface area contributed by atoms with Crippen molar-refractivity contribution in [3.63, 3.8) is 0 Å². The number of aromatic nitrogens is 1. The first-order valence-electron chi connectivity index (χ1n) is 10.2. The molecule has 0 atom stereocenters. The number of carbonyl (C=O) groups is 1. The summed E-state index contributed by atoms with van der Waals surface area (Å²) in [6.07, 6.45) is 1.66. The van der Waals surface area contributed by atoms with Gasteiger partial charge in [0.25, 0.3) is 5.91 Å². The van der Waals surface area contributed by atoms with Gasteiger partial charge in [0.1, 0.15) is 17.1 Å². The van der Waals surface area contributed by atoms with Crippen LogP contribution < -0.4 is 25.0 Å². The summed E-state index contributed by atoms with van der Waals surface area (Å²) in [6.45, 7) is 1.77. The first-order valence-corrected chi connectivity index (χ1v) is 10.2. The van der Waals surface area contributed by atoms with Crippen molar-refractivity contribution in [2.24, 2.45) is 0 Å². The summed E-state index contributed by atoms with van der Waals surface area (Å²) in [5, 5.41) is 3.07. The number of nitrogens with one attached hydrogen (secondary N) is 1. The van der Waals surface area contributed by atoms with Gasteiger partial charge in [0.05, 0.1) is 24.7 Å². The Morgan fingerprint density at radius 3 is 2.61 bits per heavy atom. The minimum absolute atomic E-state index is 0.0783. The van der Waals surface area contributed by atoms with Crippen molar-refractivity contribution in [1.29, 1.82) is 0 Å². The fraction of sp³-hybridized carbons (Fsp3) is 0.160. The summed E-state index contributed by atoms with van der Waals surface area (Å²) >= 11 is 0. The van der Waals surface area contributed by atoms with Crippen LogP contribution in [0.1, 0.15) is 11.5 Å². The lowest BCUT2D eigenvalue weighted by atomic mass is 10.2. The lowest BCUT2D eigenvalue weighted by Gasteiger charge is -2.12. The zero-order chi connectivity index (χ0) is 23.2. The number of fused-ring (bicyclic) bond motifs is 1. The van der Waals surface area contributed by atoms with Crippen LogP contribution in [0.25, 0.3) is 11.0 Å². The van der Waals surface area contributed by atoms with Crippen molar-refractivity contribution >= 4 is 16.9 Å². The van der Waals surface area contributed by atoms with E-state index in [9.17, 15) is 9.59 Å². The minimum Gasteiger partial charge on any atom is -0.493 e. The highest BCUT2D eigenvalue weighted by Gasteiger charge is 2.16. The zero-order valence-corrected chi connectivity index (χ0v) is 18.2. The Morgan fingerprint density at radius 2 is 1.85 bits per heavy atom. The molecule has 0 aliphatic carbocycles. The number of methoxy groups -OCH3 is 1. The molecule has 1 amide bonds. The van der Waals surface area contributed by atoms with Gasteiger partial charge in [-0.25, -0.2) is 0 Å². The number of amides is 1. The van der Waals surface area contributed by atoms with Crippen LogP contribution in [-0.2, 0) is 11.3 Å². The van der Waals surface area contributed by atoms with Crippen LogP contribution in [0.15, 0.2) is 76.1 Å². The number of aryl methyl sites for hydroxylation is 1. The second-order valence-corrected chi connectivity index (χ2v) is 7.11. The maximum Gasteiger partial charge on any atom is 0.258 e. The van der Waals surface area contributed by atoms with Gasteiger partial charge >= 0.3 is 0 Å². The van der Waals surface area contributed by atoms with Gasteiger partial charge in [-0.2, -0.15) is 0 Å². The summed E-state index contributed by atoms with van der Waals surface area (Å²) in [5.74, 6) is 1.40. The SMILES string of the molecule is COc1ccccc1Oc1c(C)oc2cc(OCC(=O)NCc3ccccn3)ccc2c1=O. The molecule has 0 radical (unpaired) electrons. The van der Waals surface area contributed by atoms with Gasteiger partial charge in [-0.3, -0.25) is 14.6 Å². The first kappa shape index (κ1) is 21.9.